The highest BCUT2D eigenvalue weighted by atomic mass is 16.4. The van der Waals surface area contributed by atoms with E-state index in [-0.39, 0.29) is 57.1 Å². The number of aliphatic imine (C=N–C) groups is 2. The Kier molecular flexibility index (Phi) is 16.4. The standard InChI is InChI=1S/C21H40N12O7/c22-10(3-1-7-29-20(25)26)16(36)33-13(9-15(24)35)18(38)31-11(5-6-14(23)34)17(37)32-12(19(39)40)4-2-8-30-21(27)28/h10-13H,1-9,22H2,(H2,23,34)(H2,24,35)(H,31,38)(H,32,37)(H,33,36)(H,39,40)(H4,25,26,29)(H4,27,28,30)/t10-,11-,12-,13-/m0/s1. The quantitative estimate of drug-likeness (QED) is 0.0369. The number of guanidine groups is 2. The fraction of sp³-hybridized carbons (Fsp3) is 0.619. The van der Waals surface area contributed by atoms with Crippen LogP contribution in [0, 0.1) is 0 Å². The van der Waals surface area contributed by atoms with Gasteiger partial charge < -0.3 is 61.2 Å². The molecule has 5 amide bonds. The molecule has 226 valence electrons. The zero-order valence-electron chi connectivity index (χ0n) is 22.0. The molecule has 0 bridgehead atoms. The summed E-state index contributed by atoms with van der Waals surface area (Å²) in [5.74, 6) is -6.20. The molecule has 4 atom stereocenters. The molecule has 40 heavy (non-hydrogen) atoms. The molecule has 0 saturated carbocycles. The molecule has 0 aromatic heterocycles. The van der Waals surface area contributed by atoms with E-state index in [1.165, 1.54) is 0 Å². The number of amides is 5. The van der Waals surface area contributed by atoms with Crippen molar-refractivity contribution in [3.05, 3.63) is 0 Å². The van der Waals surface area contributed by atoms with Crippen molar-refractivity contribution >= 4 is 47.4 Å². The number of carboxylic acids is 1. The molecule has 0 aromatic rings. The van der Waals surface area contributed by atoms with Crippen molar-refractivity contribution in [3.63, 3.8) is 0 Å². The van der Waals surface area contributed by atoms with E-state index in [1.807, 2.05) is 0 Å². The molecule has 19 nitrogen and oxygen atoms in total. The molecule has 0 spiro atoms. The largest absolute Gasteiger partial charge is 0.480 e. The molecule has 0 aliphatic heterocycles. The molecular weight excluding hydrogens is 532 g/mol. The molecule has 0 saturated heterocycles. The zero-order valence-corrected chi connectivity index (χ0v) is 22.0. The molecule has 18 N–H and O–H groups in total. The van der Waals surface area contributed by atoms with Crippen LogP contribution < -0.4 is 56.1 Å². The smallest absolute Gasteiger partial charge is 0.326 e. The van der Waals surface area contributed by atoms with Crippen molar-refractivity contribution < 1.29 is 33.9 Å². The third kappa shape index (κ3) is 16.2. The number of carbonyl (C=O) groups excluding carboxylic acids is 5. The lowest BCUT2D eigenvalue weighted by molar-refractivity contribution is -0.142. The molecule has 0 aromatic carbocycles. The first-order valence-corrected chi connectivity index (χ1v) is 12.2. The van der Waals surface area contributed by atoms with Crippen molar-refractivity contribution in [1.82, 2.24) is 16.0 Å². The minimum atomic E-state index is -1.53. The van der Waals surface area contributed by atoms with Crippen LogP contribution in [0.4, 0.5) is 0 Å². The van der Waals surface area contributed by atoms with E-state index in [2.05, 4.69) is 25.9 Å². The Bertz CT molecular complexity index is 964. The van der Waals surface area contributed by atoms with Gasteiger partial charge in [0.05, 0.1) is 12.5 Å². The van der Waals surface area contributed by atoms with Gasteiger partial charge in [-0.2, -0.15) is 0 Å². The average molecular weight is 573 g/mol. The Morgan fingerprint density at radius 2 is 1.10 bits per heavy atom. The van der Waals surface area contributed by atoms with Gasteiger partial charge in [-0.1, -0.05) is 0 Å². The molecule has 0 aliphatic carbocycles. The fourth-order valence-corrected chi connectivity index (χ4v) is 3.20. The predicted molar refractivity (Wildman–Crippen MR) is 143 cm³/mol. The van der Waals surface area contributed by atoms with Crippen molar-refractivity contribution in [3.8, 4) is 0 Å². The van der Waals surface area contributed by atoms with Crippen molar-refractivity contribution in [2.75, 3.05) is 13.1 Å². The minimum absolute atomic E-state index is 0.0598. The van der Waals surface area contributed by atoms with Crippen LogP contribution >= 0.6 is 0 Å². The average Bonchev–Trinajstić information content (AvgIpc) is 2.84. The topological polar surface area (TPSA) is 366 Å². The summed E-state index contributed by atoms with van der Waals surface area (Å²) < 4.78 is 0. The fourth-order valence-electron chi connectivity index (χ4n) is 3.20. The van der Waals surface area contributed by atoms with Gasteiger partial charge in [0.25, 0.3) is 0 Å². The summed E-state index contributed by atoms with van der Waals surface area (Å²) in [7, 11) is 0. The third-order valence-corrected chi connectivity index (χ3v) is 5.21. The number of nitrogens with two attached hydrogens (primary N) is 7. The monoisotopic (exact) mass is 572 g/mol. The number of nitrogens with one attached hydrogen (secondary N) is 3. The number of hydrogen-bond acceptors (Lipinski definition) is 9. The van der Waals surface area contributed by atoms with Gasteiger partial charge in [-0.05, 0) is 32.1 Å². The predicted octanol–water partition coefficient (Wildman–Crippen LogP) is -5.90. The summed E-state index contributed by atoms with van der Waals surface area (Å²) in [4.78, 5) is 80.3. The Morgan fingerprint density at radius 3 is 1.57 bits per heavy atom. The van der Waals surface area contributed by atoms with Gasteiger partial charge in [0.2, 0.25) is 29.5 Å². The lowest BCUT2D eigenvalue weighted by Gasteiger charge is -2.24. The van der Waals surface area contributed by atoms with Crippen LogP contribution in [0.2, 0.25) is 0 Å². The summed E-state index contributed by atoms with van der Waals surface area (Å²) in [6, 6.07) is -5.47. The Hall–Kier alpha value is -4.68. The van der Waals surface area contributed by atoms with Crippen LogP contribution in [0.1, 0.15) is 44.9 Å². The highest BCUT2D eigenvalue weighted by molar-refractivity contribution is 5.96. The maximum Gasteiger partial charge on any atom is 0.326 e. The lowest BCUT2D eigenvalue weighted by atomic mass is 10.1. The van der Waals surface area contributed by atoms with Crippen LogP contribution in [0.25, 0.3) is 0 Å². The van der Waals surface area contributed by atoms with Gasteiger partial charge in [0.1, 0.15) is 18.1 Å². The summed E-state index contributed by atoms with van der Waals surface area (Å²) in [6.07, 6.45) is -0.696. The Balaban J connectivity index is 5.51. The van der Waals surface area contributed by atoms with E-state index in [0.717, 1.165) is 0 Å². The number of carbonyl (C=O) groups is 6. The van der Waals surface area contributed by atoms with E-state index in [0.29, 0.717) is 6.42 Å². The van der Waals surface area contributed by atoms with E-state index in [4.69, 9.17) is 40.1 Å². The van der Waals surface area contributed by atoms with Crippen LogP contribution in [0.5, 0.6) is 0 Å². The second-order valence-corrected chi connectivity index (χ2v) is 8.70. The summed E-state index contributed by atoms with van der Waals surface area (Å²) in [6.45, 7) is 0.311. The van der Waals surface area contributed by atoms with Gasteiger partial charge in [-0.25, -0.2) is 4.79 Å². The molecule has 0 rings (SSSR count). The maximum absolute atomic E-state index is 13.0. The molecular formula is C21H40N12O7. The van der Waals surface area contributed by atoms with Gasteiger partial charge in [0.15, 0.2) is 11.9 Å². The van der Waals surface area contributed by atoms with E-state index < -0.39 is 66.1 Å². The zero-order chi connectivity index (χ0) is 30.8. The minimum Gasteiger partial charge on any atom is -0.480 e. The molecule has 0 radical (unpaired) electrons. The molecule has 0 fully saturated rings. The normalized spacial score (nSPS) is 13.4. The Labute approximate surface area is 230 Å². The second kappa shape index (κ2) is 18.6. The van der Waals surface area contributed by atoms with Crippen LogP contribution in [0.15, 0.2) is 9.98 Å². The van der Waals surface area contributed by atoms with Crippen LogP contribution in [-0.2, 0) is 28.8 Å². The summed E-state index contributed by atoms with van der Waals surface area (Å²) in [5, 5.41) is 16.3. The van der Waals surface area contributed by atoms with Gasteiger partial charge in [0, 0.05) is 19.5 Å². The van der Waals surface area contributed by atoms with Crippen molar-refractivity contribution in [2.24, 2.45) is 50.1 Å². The van der Waals surface area contributed by atoms with Crippen molar-refractivity contribution in [1.29, 1.82) is 0 Å². The summed E-state index contributed by atoms with van der Waals surface area (Å²) >= 11 is 0. The number of hydrogen-bond donors (Lipinski definition) is 11. The van der Waals surface area contributed by atoms with Crippen LogP contribution in [-0.4, -0.2) is 89.8 Å². The van der Waals surface area contributed by atoms with E-state index in [9.17, 15) is 33.9 Å². The number of rotatable bonds is 20. The number of aliphatic carboxylic acids is 1. The maximum atomic E-state index is 13.0. The number of nitrogens with zero attached hydrogens (tertiary/aromatic N) is 2. The van der Waals surface area contributed by atoms with Crippen LogP contribution in [0.3, 0.4) is 0 Å². The first-order chi connectivity index (χ1) is 18.6. The molecule has 0 unspecified atom stereocenters. The van der Waals surface area contributed by atoms with Gasteiger partial charge in [-0.3, -0.25) is 34.0 Å². The van der Waals surface area contributed by atoms with E-state index in [1.54, 1.807) is 0 Å². The van der Waals surface area contributed by atoms with Gasteiger partial charge >= 0.3 is 5.97 Å². The third-order valence-electron chi connectivity index (χ3n) is 5.21. The second-order valence-electron chi connectivity index (χ2n) is 8.70. The van der Waals surface area contributed by atoms with Crippen molar-refractivity contribution in [2.45, 2.75) is 69.1 Å². The van der Waals surface area contributed by atoms with Gasteiger partial charge in [-0.15, -0.1) is 0 Å². The first-order valence-electron chi connectivity index (χ1n) is 12.2. The first kappa shape index (κ1) is 35.3. The molecule has 0 heterocycles. The summed E-state index contributed by atoms with van der Waals surface area (Å²) in [5.41, 5.74) is 37.1. The lowest BCUT2D eigenvalue weighted by Crippen LogP contribution is -2.57. The molecule has 0 aliphatic rings. The van der Waals surface area contributed by atoms with E-state index >= 15 is 0 Å². The number of primary amides is 2. The molecule has 19 heteroatoms. The highest BCUT2D eigenvalue weighted by Gasteiger charge is 2.31. The number of carboxylic acid groups (broad SMARTS) is 1. The SMILES string of the molecule is NC(=O)CC[C@H](NC(=O)[C@H](CC(N)=O)NC(=O)[C@@H](N)CCCN=C(N)N)C(=O)N[C@@H](CCCN=C(N)N)C(=O)O. The Morgan fingerprint density at radius 1 is 0.625 bits per heavy atom. The highest BCUT2D eigenvalue weighted by Crippen LogP contribution is 2.05.